The van der Waals surface area contributed by atoms with E-state index in [1.165, 1.54) is 4.90 Å². The van der Waals surface area contributed by atoms with Crippen molar-refractivity contribution in [1.29, 1.82) is 0 Å². The number of aromatic nitrogens is 1. The fraction of sp³-hybridized carbons (Fsp3) is 0.552. The van der Waals surface area contributed by atoms with Gasteiger partial charge in [-0.2, -0.15) is 22.0 Å². The Bertz CT molecular complexity index is 1370. The zero-order valence-electron chi connectivity index (χ0n) is 23.2. The van der Waals surface area contributed by atoms with E-state index in [1.807, 2.05) is 0 Å². The molecule has 0 saturated carbocycles. The number of hydrogen-bond donors (Lipinski definition) is 1. The second kappa shape index (κ2) is 10.9. The monoisotopic (exact) mass is 614 g/mol. The van der Waals surface area contributed by atoms with Crippen molar-refractivity contribution in [3.05, 3.63) is 57.7 Å². The van der Waals surface area contributed by atoms with Crippen LogP contribution in [0.15, 0.2) is 30.3 Å². The quantitative estimate of drug-likeness (QED) is 0.366. The molecule has 1 atom stereocenters. The highest BCUT2D eigenvalue weighted by Crippen LogP contribution is 2.58. The van der Waals surface area contributed by atoms with Crippen molar-refractivity contribution in [2.24, 2.45) is 11.8 Å². The first-order chi connectivity index (χ1) is 19.6. The molecule has 1 aromatic heterocycles. The van der Waals surface area contributed by atoms with E-state index in [4.69, 9.17) is 11.6 Å². The van der Waals surface area contributed by atoms with Crippen LogP contribution in [-0.2, 0) is 22.5 Å². The molecule has 0 bridgehead atoms. The summed E-state index contributed by atoms with van der Waals surface area (Å²) in [5.74, 6) is -4.07. The molecule has 2 fully saturated rings. The van der Waals surface area contributed by atoms with Gasteiger partial charge in [0.25, 0.3) is 11.8 Å². The van der Waals surface area contributed by atoms with Crippen LogP contribution in [-0.4, -0.2) is 72.0 Å². The molecule has 228 valence electrons. The van der Waals surface area contributed by atoms with Gasteiger partial charge in [-0.3, -0.25) is 9.59 Å². The van der Waals surface area contributed by atoms with E-state index >= 15 is 0 Å². The molecule has 2 aliphatic heterocycles. The fourth-order valence-electron chi connectivity index (χ4n) is 6.32. The van der Waals surface area contributed by atoms with Crippen LogP contribution in [0.4, 0.5) is 27.8 Å². The molecule has 2 saturated heterocycles. The van der Waals surface area contributed by atoms with E-state index in [9.17, 15) is 36.6 Å². The summed E-state index contributed by atoms with van der Waals surface area (Å²) in [4.78, 5) is 34.4. The van der Waals surface area contributed by atoms with Gasteiger partial charge in [-0.25, -0.2) is 4.98 Å². The van der Waals surface area contributed by atoms with Crippen molar-refractivity contribution in [2.75, 3.05) is 45.2 Å². The molecule has 5 rings (SSSR count). The predicted octanol–water partition coefficient (Wildman–Crippen LogP) is 5.29. The molecule has 42 heavy (non-hydrogen) atoms. The number of rotatable bonds is 5. The number of amides is 2. The summed E-state index contributed by atoms with van der Waals surface area (Å²) in [5.41, 5.74) is -5.60. The Labute approximate surface area is 245 Å². The minimum Gasteiger partial charge on any atom is -0.370 e. The van der Waals surface area contributed by atoms with Gasteiger partial charge in [0.05, 0.1) is 11.1 Å². The van der Waals surface area contributed by atoms with Gasteiger partial charge < -0.3 is 19.8 Å². The number of halogens is 6. The molecule has 1 unspecified atom stereocenters. The highest BCUT2D eigenvalue weighted by Gasteiger charge is 2.71. The molecular formula is C29H32ClF5N4O3. The van der Waals surface area contributed by atoms with Crippen LogP contribution < -0.4 is 4.90 Å². The maximum absolute atomic E-state index is 14.9. The minimum atomic E-state index is -4.79. The fourth-order valence-corrected chi connectivity index (χ4v) is 6.55. The van der Waals surface area contributed by atoms with Gasteiger partial charge in [-0.15, -0.1) is 0 Å². The van der Waals surface area contributed by atoms with Crippen LogP contribution in [0.25, 0.3) is 0 Å². The van der Waals surface area contributed by atoms with Gasteiger partial charge in [0.2, 0.25) is 5.60 Å². The molecule has 3 aliphatic rings. The Morgan fingerprint density at radius 3 is 2.14 bits per heavy atom. The Morgan fingerprint density at radius 2 is 1.60 bits per heavy atom. The molecule has 0 spiro atoms. The average Bonchev–Trinajstić information content (AvgIpc) is 2.96. The molecule has 3 heterocycles. The maximum Gasteiger partial charge on any atom is 0.416 e. The second-order valence-corrected chi connectivity index (χ2v) is 12.0. The number of likely N-dealkylation sites (tertiary alicyclic amines) is 1. The first-order valence-corrected chi connectivity index (χ1v) is 14.3. The zero-order valence-corrected chi connectivity index (χ0v) is 24.0. The van der Waals surface area contributed by atoms with Crippen molar-refractivity contribution in [3.8, 4) is 0 Å². The van der Waals surface area contributed by atoms with Crippen molar-refractivity contribution in [3.63, 3.8) is 0 Å². The van der Waals surface area contributed by atoms with E-state index in [-0.39, 0.29) is 30.1 Å². The van der Waals surface area contributed by atoms with Crippen molar-refractivity contribution in [2.45, 2.75) is 49.8 Å². The standard InChI is InChI=1S/C29H32ClF5N4O3/c1-37(2)25(40)20-4-6-23(36-24(20)30)38-11-7-17(8-12-38)15-18-9-13-39(14-10-18)26(41)27(42)22-16-19(29(33,34)35)3-5-21(22)28(27,31)32/h3-6,16-18,42H,7-15H2,1-2H3. The van der Waals surface area contributed by atoms with Crippen LogP contribution in [0.2, 0.25) is 5.15 Å². The maximum atomic E-state index is 14.9. The second-order valence-electron chi connectivity index (χ2n) is 11.7. The van der Waals surface area contributed by atoms with Crippen LogP contribution in [0.5, 0.6) is 0 Å². The normalized spacial score (nSPS) is 22.9. The summed E-state index contributed by atoms with van der Waals surface area (Å²) in [5, 5.41) is 10.9. The van der Waals surface area contributed by atoms with Gasteiger partial charge in [-0.05, 0) is 68.2 Å². The smallest absolute Gasteiger partial charge is 0.370 e. The lowest BCUT2D eigenvalue weighted by molar-refractivity contribution is -0.231. The zero-order chi connectivity index (χ0) is 30.6. The van der Waals surface area contributed by atoms with Crippen LogP contribution >= 0.6 is 11.6 Å². The molecule has 7 nitrogen and oxygen atoms in total. The summed E-state index contributed by atoms with van der Waals surface area (Å²) >= 11 is 6.27. The molecule has 2 aromatic rings. The first-order valence-electron chi connectivity index (χ1n) is 13.9. The van der Waals surface area contributed by atoms with Crippen molar-refractivity contribution < 1.29 is 36.6 Å². The Morgan fingerprint density at radius 1 is 1.00 bits per heavy atom. The lowest BCUT2D eigenvalue weighted by Gasteiger charge is -2.48. The third kappa shape index (κ3) is 5.21. The number of carbonyl (C=O) groups is 2. The van der Waals surface area contributed by atoms with Crippen LogP contribution in [0.3, 0.4) is 0 Å². The number of fused-ring (bicyclic) bond motifs is 1. The highest BCUT2D eigenvalue weighted by molar-refractivity contribution is 6.32. The number of alkyl halides is 5. The molecule has 2 amide bonds. The lowest BCUT2D eigenvalue weighted by Crippen LogP contribution is -2.63. The summed E-state index contributed by atoms with van der Waals surface area (Å²) in [6.07, 6.45) is -0.969. The third-order valence-electron chi connectivity index (χ3n) is 8.82. The lowest BCUT2D eigenvalue weighted by atomic mass is 9.68. The Balaban J connectivity index is 1.14. The number of anilines is 1. The summed E-state index contributed by atoms with van der Waals surface area (Å²) < 4.78 is 69.2. The summed E-state index contributed by atoms with van der Waals surface area (Å²) in [7, 11) is 3.29. The van der Waals surface area contributed by atoms with E-state index in [0.717, 1.165) is 37.3 Å². The molecule has 0 radical (unpaired) electrons. The van der Waals surface area contributed by atoms with E-state index in [2.05, 4.69) is 9.88 Å². The van der Waals surface area contributed by atoms with Gasteiger partial charge in [0, 0.05) is 51.4 Å². The van der Waals surface area contributed by atoms with E-state index in [0.29, 0.717) is 48.3 Å². The topological polar surface area (TPSA) is 77.0 Å². The first kappa shape index (κ1) is 30.5. The van der Waals surface area contributed by atoms with Crippen molar-refractivity contribution in [1.82, 2.24) is 14.8 Å². The van der Waals surface area contributed by atoms with Gasteiger partial charge in [-0.1, -0.05) is 17.7 Å². The third-order valence-corrected chi connectivity index (χ3v) is 9.10. The van der Waals surface area contributed by atoms with E-state index < -0.39 is 40.3 Å². The average molecular weight is 615 g/mol. The van der Waals surface area contributed by atoms with Crippen LogP contribution in [0, 0.1) is 11.8 Å². The number of hydrogen-bond acceptors (Lipinski definition) is 5. The van der Waals surface area contributed by atoms with E-state index in [1.54, 1.807) is 26.2 Å². The van der Waals surface area contributed by atoms with Gasteiger partial charge >= 0.3 is 12.1 Å². The number of pyridine rings is 1. The molecule has 1 aliphatic carbocycles. The SMILES string of the molecule is CN(C)C(=O)c1ccc(N2CCC(CC3CCN(C(=O)C4(O)c5cc(C(F)(F)F)ccc5C4(F)F)CC3)CC2)nc1Cl. The Hall–Kier alpha value is -2.99. The molecule has 1 aromatic carbocycles. The molecular weight excluding hydrogens is 583 g/mol. The predicted molar refractivity (Wildman–Crippen MR) is 145 cm³/mol. The number of aliphatic hydroxyl groups is 1. The molecule has 1 N–H and O–H groups in total. The van der Waals surface area contributed by atoms with Gasteiger partial charge in [0.15, 0.2) is 0 Å². The summed E-state index contributed by atoms with van der Waals surface area (Å²) in [6, 6.07) is 5.08. The summed E-state index contributed by atoms with van der Waals surface area (Å²) in [6.45, 7) is 1.81. The number of benzene rings is 1. The van der Waals surface area contributed by atoms with Gasteiger partial charge in [0.1, 0.15) is 11.0 Å². The molecule has 13 heteroatoms. The Kier molecular flexibility index (Phi) is 7.93. The minimum absolute atomic E-state index is 0.148. The van der Waals surface area contributed by atoms with Crippen LogP contribution in [0.1, 0.15) is 59.2 Å². The number of piperidine rings is 2. The number of nitrogens with zero attached hydrogens (tertiary/aromatic N) is 4. The number of carbonyl (C=O) groups excluding carboxylic acids is 2. The van der Waals surface area contributed by atoms with Crippen molar-refractivity contribution >= 4 is 29.2 Å². The largest absolute Gasteiger partial charge is 0.416 e. The highest BCUT2D eigenvalue weighted by atomic mass is 35.5.